The molecule has 1 atom stereocenters. The van der Waals surface area contributed by atoms with Gasteiger partial charge in [-0.3, -0.25) is 14.9 Å². The van der Waals surface area contributed by atoms with E-state index in [0.717, 1.165) is 10.9 Å². The summed E-state index contributed by atoms with van der Waals surface area (Å²) in [5.41, 5.74) is 3.39. The molecule has 142 valence electrons. The van der Waals surface area contributed by atoms with Gasteiger partial charge in [0, 0.05) is 17.0 Å². The predicted molar refractivity (Wildman–Crippen MR) is 106 cm³/mol. The van der Waals surface area contributed by atoms with Gasteiger partial charge in [-0.1, -0.05) is 41.9 Å². The fourth-order valence-corrected chi connectivity index (χ4v) is 2.60. The van der Waals surface area contributed by atoms with Crippen LogP contribution in [0.4, 0.5) is 5.69 Å². The van der Waals surface area contributed by atoms with Crippen molar-refractivity contribution in [1.82, 2.24) is 10.4 Å². The summed E-state index contributed by atoms with van der Waals surface area (Å²) in [5.74, 6) is -0.569. The number of nitrogens with zero attached hydrogens (tertiary/aromatic N) is 3. The van der Waals surface area contributed by atoms with E-state index in [-0.39, 0.29) is 16.6 Å². The lowest BCUT2D eigenvalue weighted by molar-refractivity contribution is -0.386. The minimum Gasteiger partial charge on any atom is -0.474 e. The first kappa shape index (κ1) is 19.2. The molecule has 1 aromatic heterocycles. The zero-order valence-electron chi connectivity index (χ0n) is 14.7. The number of fused-ring (bicyclic) bond motifs is 1. The Balaban J connectivity index is 1.67. The van der Waals surface area contributed by atoms with E-state index >= 15 is 0 Å². The van der Waals surface area contributed by atoms with Gasteiger partial charge in [0.2, 0.25) is 0 Å². The van der Waals surface area contributed by atoms with Crippen molar-refractivity contribution in [2.75, 3.05) is 0 Å². The summed E-state index contributed by atoms with van der Waals surface area (Å²) in [7, 11) is 0. The van der Waals surface area contributed by atoms with E-state index in [1.807, 2.05) is 24.3 Å². The SMILES string of the molecule is CC(Oc1ccccc1[N+](=O)[O-])C(=O)N/N=C/c1cc2ccccc2nc1Cl. The number of nitrogens with one attached hydrogen (secondary N) is 1. The molecule has 2 aromatic carbocycles. The number of pyridine rings is 1. The molecular formula is C19H15ClN4O4. The second-order valence-electron chi connectivity index (χ2n) is 5.78. The maximum atomic E-state index is 12.1. The highest BCUT2D eigenvalue weighted by Crippen LogP contribution is 2.26. The number of hydrogen-bond donors (Lipinski definition) is 1. The molecule has 3 aromatic rings. The van der Waals surface area contributed by atoms with Gasteiger partial charge in [-0.05, 0) is 25.1 Å². The van der Waals surface area contributed by atoms with Crippen molar-refractivity contribution in [3.63, 3.8) is 0 Å². The van der Waals surface area contributed by atoms with Crippen LogP contribution in [0.15, 0.2) is 59.7 Å². The number of hydrazone groups is 1. The van der Waals surface area contributed by atoms with Crippen LogP contribution < -0.4 is 10.2 Å². The maximum absolute atomic E-state index is 12.1. The highest BCUT2D eigenvalue weighted by atomic mass is 35.5. The second kappa shape index (κ2) is 8.45. The van der Waals surface area contributed by atoms with Gasteiger partial charge in [-0.2, -0.15) is 5.10 Å². The van der Waals surface area contributed by atoms with Gasteiger partial charge in [0.25, 0.3) is 5.91 Å². The Hall–Kier alpha value is -3.52. The van der Waals surface area contributed by atoms with E-state index < -0.39 is 16.9 Å². The molecule has 1 amide bonds. The van der Waals surface area contributed by atoms with Gasteiger partial charge in [0.1, 0.15) is 5.15 Å². The molecule has 0 aliphatic heterocycles. The highest BCUT2D eigenvalue weighted by molar-refractivity contribution is 6.32. The molecule has 8 nitrogen and oxygen atoms in total. The van der Waals surface area contributed by atoms with Crippen LogP contribution in [0.1, 0.15) is 12.5 Å². The quantitative estimate of drug-likeness (QED) is 0.295. The summed E-state index contributed by atoms with van der Waals surface area (Å²) >= 11 is 6.13. The van der Waals surface area contributed by atoms with Gasteiger partial charge in [-0.15, -0.1) is 0 Å². The third-order valence-corrected chi connectivity index (χ3v) is 4.12. The number of carbonyl (C=O) groups excluding carboxylic acids is 1. The van der Waals surface area contributed by atoms with Crippen molar-refractivity contribution in [1.29, 1.82) is 0 Å². The fourth-order valence-electron chi connectivity index (χ4n) is 2.41. The topological polar surface area (TPSA) is 107 Å². The van der Waals surface area contributed by atoms with E-state index in [4.69, 9.17) is 16.3 Å². The Morgan fingerprint density at radius 3 is 2.79 bits per heavy atom. The summed E-state index contributed by atoms with van der Waals surface area (Å²) in [6.45, 7) is 1.46. The van der Waals surface area contributed by atoms with Crippen LogP contribution in [0, 0.1) is 10.1 Å². The van der Waals surface area contributed by atoms with Crippen molar-refractivity contribution in [2.45, 2.75) is 13.0 Å². The van der Waals surface area contributed by atoms with Crippen molar-refractivity contribution >= 4 is 40.3 Å². The molecule has 28 heavy (non-hydrogen) atoms. The monoisotopic (exact) mass is 398 g/mol. The number of carbonyl (C=O) groups is 1. The van der Waals surface area contributed by atoms with E-state index in [9.17, 15) is 14.9 Å². The third kappa shape index (κ3) is 4.41. The Bertz CT molecular complexity index is 1070. The first-order valence-corrected chi connectivity index (χ1v) is 8.62. The molecule has 1 unspecified atom stereocenters. The molecule has 1 N–H and O–H groups in total. The summed E-state index contributed by atoms with van der Waals surface area (Å²) in [4.78, 5) is 26.8. The van der Waals surface area contributed by atoms with Crippen molar-refractivity contribution in [3.05, 3.63) is 75.4 Å². The van der Waals surface area contributed by atoms with E-state index in [2.05, 4.69) is 15.5 Å². The van der Waals surface area contributed by atoms with E-state index in [1.54, 1.807) is 12.1 Å². The van der Waals surface area contributed by atoms with Crippen LogP contribution in [0.3, 0.4) is 0 Å². The number of ether oxygens (including phenoxy) is 1. The lowest BCUT2D eigenvalue weighted by Gasteiger charge is -2.12. The zero-order chi connectivity index (χ0) is 20.1. The maximum Gasteiger partial charge on any atom is 0.310 e. The highest BCUT2D eigenvalue weighted by Gasteiger charge is 2.20. The average molecular weight is 399 g/mol. The Labute approximate surface area is 164 Å². The molecule has 0 bridgehead atoms. The number of rotatable bonds is 6. The molecule has 3 rings (SSSR count). The minimum absolute atomic E-state index is 0.000836. The van der Waals surface area contributed by atoms with Gasteiger partial charge in [0.05, 0.1) is 16.7 Å². The fraction of sp³-hybridized carbons (Fsp3) is 0.105. The molecule has 1 heterocycles. The molecule has 9 heteroatoms. The molecule has 0 radical (unpaired) electrons. The lowest BCUT2D eigenvalue weighted by Crippen LogP contribution is -2.33. The van der Waals surface area contributed by atoms with Gasteiger partial charge < -0.3 is 4.74 Å². The minimum atomic E-state index is -0.997. The van der Waals surface area contributed by atoms with Crippen molar-refractivity contribution in [2.24, 2.45) is 5.10 Å². The molecule has 0 spiro atoms. The normalized spacial score (nSPS) is 12.1. The average Bonchev–Trinajstić information content (AvgIpc) is 2.68. The first-order chi connectivity index (χ1) is 13.5. The van der Waals surface area contributed by atoms with Gasteiger partial charge in [0.15, 0.2) is 11.9 Å². The van der Waals surface area contributed by atoms with Crippen LogP contribution in [-0.4, -0.2) is 28.1 Å². The summed E-state index contributed by atoms with van der Waals surface area (Å²) in [6.07, 6.45) is 0.376. The van der Waals surface area contributed by atoms with Crippen LogP contribution in [-0.2, 0) is 4.79 Å². The number of nitro groups is 1. The number of nitro benzene ring substituents is 1. The number of benzene rings is 2. The first-order valence-electron chi connectivity index (χ1n) is 8.24. The molecule has 0 saturated heterocycles. The molecular weight excluding hydrogens is 384 g/mol. The lowest BCUT2D eigenvalue weighted by atomic mass is 10.2. The standard InChI is InChI=1S/C19H15ClN4O4/c1-12(28-17-9-5-4-8-16(17)24(26)27)19(25)23-21-11-14-10-13-6-2-3-7-15(13)22-18(14)20/h2-12H,1H3,(H,23,25)/b21-11+. The van der Waals surface area contributed by atoms with Crippen LogP contribution in [0.2, 0.25) is 5.15 Å². The summed E-state index contributed by atoms with van der Waals surface area (Å²) < 4.78 is 5.39. The number of aromatic nitrogens is 1. The molecule has 0 saturated carbocycles. The number of halogens is 1. The van der Waals surface area contributed by atoms with Crippen molar-refractivity contribution in [3.8, 4) is 5.75 Å². The Kier molecular flexibility index (Phi) is 5.81. The van der Waals surface area contributed by atoms with Gasteiger partial charge in [-0.25, -0.2) is 10.4 Å². The zero-order valence-corrected chi connectivity index (χ0v) is 15.5. The Morgan fingerprint density at radius 1 is 1.29 bits per heavy atom. The largest absolute Gasteiger partial charge is 0.474 e. The van der Waals surface area contributed by atoms with Crippen LogP contribution >= 0.6 is 11.6 Å². The molecule has 0 aliphatic rings. The summed E-state index contributed by atoms with van der Waals surface area (Å²) in [6, 6.07) is 15.1. The van der Waals surface area contributed by atoms with Crippen molar-refractivity contribution < 1.29 is 14.5 Å². The van der Waals surface area contributed by atoms with E-state index in [0.29, 0.717) is 5.56 Å². The third-order valence-electron chi connectivity index (χ3n) is 3.82. The van der Waals surface area contributed by atoms with E-state index in [1.165, 1.54) is 31.3 Å². The van der Waals surface area contributed by atoms with Gasteiger partial charge >= 0.3 is 5.69 Å². The second-order valence-corrected chi connectivity index (χ2v) is 6.14. The smallest absolute Gasteiger partial charge is 0.310 e. The number of hydrogen-bond acceptors (Lipinski definition) is 6. The molecule has 0 fully saturated rings. The van der Waals surface area contributed by atoms with Crippen LogP contribution in [0.25, 0.3) is 10.9 Å². The number of amides is 1. The summed E-state index contributed by atoms with van der Waals surface area (Å²) in [5, 5.41) is 16.0. The Morgan fingerprint density at radius 2 is 2.00 bits per heavy atom. The number of para-hydroxylation sites is 3. The van der Waals surface area contributed by atoms with Crippen LogP contribution in [0.5, 0.6) is 5.75 Å². The predicted octanol–water partition coefficient (Wildman–Crippen LogP) is 3.71. The molecule has 0 aliphatic carbocycles.